The number of halogens is 3. The van der Waals surface area contributed by atoms with Crippen LogP contribution in [0.25, 0.3) is 32.3 Å². The van der Waals surface area contributed by atoms with Crippen LogP contribution in [-0.2, 0) is 65.2 Å². The molecule has 9 heteroatoms. The van der Waals surface area contributed by atoms with E-state index in [1.165, 1.54) is 32.3 Å². The third kappa shape index (κ3) is 39.0. The maximum absolute atomic E-state index is 2.31. The summed E-state index contributed by atoms with van der Waals surface area (Å²) in [6.07, 6.45) is 6.94. The van der Waals surface area contributed by atoms with Gasteiger partial charge in [-0.2, -0.15) is 68.8 Å². The Morgan fingerprint density at radius 2 is 0.567 bits per heavy atom. The van der Waals surface area contributed by atoms with Crippen LogP contribution in [0.3, 0.4) is 0 Å². The summed E-state index contributed by atoms with van der Waals surface area (Å²) in [6, 6.07) is 44.0. The first-order chi connectivity index (χ1) is 25.1. The van der Waals surface area contributed by atoms with E-state index in [-0.39, 0.29) is 102 Å². The van der Waals surface area contributed by atoms with Gasteiger partial charge in [-0.05, 0) is 42.3 Å². The van der Waals surface area contributed by atoms with E-state index in [1.807, 2.05) is 0 Å². The number of fused-ring (bicyclic) bond motifs is 3. The van der Waals surface area contributed by atoms with Crippen molar-refractivity contribution in [1.82, 2.24) is 14.7 Å². The van der Waals surface area contributed by atoms with Crippen molar-refractivity contribution in [1.29, 1.82) is 0 Å². The fourth-order valence-corrected chi connectivity index (χ4v) is 4.58. The van der Waals surface area contributed by atoms with Gasteiger partial charge in [0, 0.05) is 0 Å². The molecular formula is C51H75Cl3N3Ti3-3. The fraction of sp³-hybridized carbons (Fsp3) is 0.412. The summed E-state index contributed by atoms with van der Waals surface area (Å²) in [7, 11) is 12.5. The molecule has 6 rings (SSSR count). The maximum atomic E-state index is 2.31. The summed E-state index contributed by atoms with van der Waals surface area (Å²) in [5.41, 5.74) is 1.10. The molecule has 0 aliphatic carbocycles. The van der Waals surface area contributed by atoms with Gasteiger partial charge >= 0.3 is 65.2 Å². The van der Waals surface area contributed by atoms with Crippen molar-refractivity contribution >= 4 is 32.3 Å². The second kappa shape index (κ2) is 37.7. The fourth-order valence-electron chi connectivity index (χ4n) is 4.58. The van der Waals surface area contributed by atoms with Crippen LogP contribution < -0.4 is 37.2 Å². The summed E-state index contributed by atoms with van der Waals surface area (Å²) < 4.78 is 0. The Hall–Kier alpha value is -0.617. The van der Waals surface area contributed by atoms with Gasteiger partial charge in [0.25, 0.3) is 0 Å². The molecule has 0 fully saturated rings. The molecule has 6 aromatic carbocycles. The van der Waals surface area contributed by atoms with Crippen molar-refractivity contribution in [2.75, 3.05) is 61.9 Å². The van der Waals surface area contributed by atoms with Crippen molar-refractivity contribution in [3.63, 3.8) is 0 Å². The van der Waals surface area contributed by atoms with Crippen LogP contribution in [0.2, 0.25) is 0 Å². The zero-order chi connectivity index (χ0) is 40.8. The minimum absolute atomic E-state index is 0. The Bertz CT molecular complexity index is 1490. The third-order valence-electron chi connectivity index (χ3n) is 7.85. The molecule has 0 atom stereocenters. The van der Waals surface area contributed by atoms with Crippen molar-refractivity contribution < 1.29 is 102 Å². The Labute approximate surface area is 432 Å². The Kier molecular flexibility index (Phi) is 44.7. The first-order valence-corrected chi connectivity index (χ1v) is 19.4. The number of rotatable bonds is 6. The molecule has 0 saturated heterocycles. The molecule has 0 spiro atoms. The molecule has 0 N–H and O–H groups in total. The molecule has 0 aliphatic heterocycles. The van der Waals surface area contributed by atoms with Gasteiger partial charge in [-0.25, -0.2) is 0 Å². The molecule has 60 heavy (non-hydrogen) atoms. The minimum Gasteiger partial charge on any atom is -1.00 e. The van der Waals surface area contributed by atoms with E-state index in [2.05, 4.69) is 266 Å². The summed E-state index contributed by atoms with van der Waals surface area (Å²) >= 11 is 0. The first-order valence-electron chi connectivity index (χ1n) is 19.4. The first kappa shape index (κ1) is 71.0. The smallest absolute Gasteiger partial charge is 1.00 e. The quantitative estimate of drug-likeness (QED) is 0.184. The third-order valence-corrected chi connectivity index (χ3v) is 7.85. The summed E-state index contributed by atoms with van der Waals surface area (Å²) in [6.45, 7) is 23.2. The molecular weight excluding hydrogens is 905 g/mol. The second-order valence-electron chi connectivity index (χ2n) is 18.0. The predicted octanol–water partition coefficient (Wildman–Crippen LogP) is 4.08. The average molecular weight is 980 g/mol. The molecule has 3 nitrogen and oxygen atoms in total. The van der Waals surface area contributed by atoms with Gasteiger partial charge in [-0.3, -0.25) is 0 Å². The SMILES string of the molecule is CN(C)C[CH-]C(C)(C)C.CN(C)C[CH-]C(C)(C)C.CN(C)C[CH-]C(C)(C)C.[Cl-].[Cl-].[Cl-].[Ti+2].[Ti+2].[Ti+2].c1ccc2[cH-]ccc2c1.c1ccc2[cH-]ccc2c1.c1ccc2[cH-]ccc2c1. The Morgan fingerprint density at radius 1 is 0.367 bits per heavy atom. The molecule has 6 aromatic rings. The summed E-state index contributed by atoms with van der Waals surface area (Å²) in [5.74, 6) is 0. The Morgan fingerprint density at radius 3 is 0.717 bits per heavy atom. The van der Waals surface area contributed by atoms with Gasteiger partial charge in [-0.15, -0.1) is 109 Å². The molecule has 0 aliphatic rings. The number of nitrogens with zero attached hydrogens (tertiary/aromatic N) is 3. The van der Waals surface area contributed by atoms with Gasteiger partial charge in [0.05, 0.1) is 0 Å². The minimum atomic E-state index is 0. The molecule has 330 valence electrons. The van der Waals surface area contributed by atoms with Gasteiger partial charge in [0.15, 0.2) is 0 Å². The van der Waals surface area contributed by atoms with Gasteiger partial charge < -0.3 is 71.2 Å². The number of hydrogen-bond donors (Lipinski definition) is 0. The largest absolute Gasteiger partial charge is 2.00 e. The standard InChI is InChI=1S/3C9H7.3C8H18N.3ClH.3Ti/c3*1-2-5-9-7-3-6-8(9)4-1;3*1-8(2,3)6-7-9(4)5;;;;;;/h3*1-7H;3*6H,7H2,1-5H3;3*1H;;;/q6*-1;;;;3*+2/p-3. The topological polar surface area (TPSA) is 9.72 Å². The Balaban J connectivity index is -0.000000143. The van der Waals surface area contributed by atoms with Crippen LogP contribution in [-0.4, -0.2) is 76.6 Å². The molecule has 0 amide bonds. The van der Waals surface area contributed by atoms with E-state index < -0.39 is 0 Å². The van der Waals surface area contributed by atoms with Gasteiger partial charge in [-0.1, -0.05) is 80.5 Å². The summed E-state index contributed by atoms with van der Waals surface area (Å²) in [4.78, 5) is 6.52. The molecule has 0 unspecified atom stereocenters. The van der Waals surface area contributed by atoms with Crippen LogP contribution in [0.15, 0.2) is 127 Å². The molecule has 0 heterocycles. The van der Waals surface area contributed by atoms with E-state index in [0.29, 0.717) is 16.2 Å². The van der Waals surface area contributed by atoms with Crippen LogP contribution in [0.5, 0.6) is 0 Å². The normalized spacial score (nSPS) is 10.3. The molecule has 0 bridgehead atoms. The van der Waals surface area contributed by atoms with E-state index in [9.17, 15) is 0 Å². The molecule has 0 saturated carbocycles. The van der Waals surface area contributed by atoms with Crippen molar-refractivity contribution in [3.8, 4) is 0 Å². The van der Waals surface area contributed by atoms with Gasteiger partial charge in [0.1, 0.15) is 0 Å². The van der Waals surface area contributed by atoms with E-state index in [4.69, 9.17) is 0 Å². The summed E-state index contributed by atoms with van der Waals surface area (Å²) in [5, 5.41) is 7.99. The van der Waals surface area contributed by atoms with E-state index in [0.717, 1.165) is 19.6 Å². The molecule has 0 radical (unpaired) electrons. The number of hydrogen-bond acceptors (Lipinski definition) is 3. The van der Waals surface area contributed by atoms with E-state index >= 15 is 0 Å². The van der Waals surface area contributed by atoms with Crippen LogP contribution in [0.4, 0.5) is 0 Å². The zero-order valence-electron chi connectivity index (χ0n) is 39.5. The van der Waals surface area contributed by atoms with Gasteiger partial charge in [0.2, 0.25) is 0 Å². The van der Waals surface area contributed by atoms with E-state index in [1.54, 1.807) is 0 Å². The monoisotopic (exact) mass is 978 g/mol. The molecule has 0 aromatic heterocycles. The van der Waals surface area contributed by atoms with Crippen LogP contribution >= 0.6 is 0 Å². The average Bonchev–Trinajstić information content (AvgIpc) is 3.87. The zero-order valence-corrected chi connectivity index (χ0v) is 46.4. The van der Waals surface area contributed by atoms with Crippen molar-refractivity contribution in [2.24, 2.45) is 16.2 Å². The van der Waals surface area contributed by atoms with Crippen molar-refractivity contribution in [3.05, 3.63) is 147 Å². The van der Waals surface area contributed by atoms with Crippen LogP contribution in [0.1, 0.15) is 62.3 Å². The second-order valence-corrected chi connectivity index (χ2v) is 18.0. The predicted molar refractivity (Wildman–Crippen MR) is 246 cm³/mol. The van der Waals surface area contributed by atoms with Crippen LogP contribution in [0, 0.1) is 35.5 Å². The van der Waals surface area contributed by atoms with Crippen molar-refractivity contribution in [2.45, 2.75) is 62.3 Å². The number of benzene rings is 3. The maximum Gasteiger partial charge on any atom is 2.00 e.